The molecule has 5 heteroatoms. The summed E-state index contributed by atoms with van der Waals surface area (Å²) in [5.41, 5.74) is 3.29. The summed E-state index contributed by atoms with van der Waals surface area (Å²) >= 11 is 1.88. The summed E-state index contributed by atoms with van der Waals surface area (Å²) in [6.45, 7) is 8.29. The quantitative estimate of drug-likeness (QED) is 0.138. The second-order valence-corrected chi connectivity index (χ2v) is 12.8. The number of carbonyl (C=O) groups is 1. The number of benzene rings is 2. The van der Waals surface area contributed by atoms with Gasteiger partial charge in [-0.15, -0.1) is 11.8 Å². The largest absolute Gasteiger partial charge is 0.494 e. The van der Waals surface area contributed by atoms with Crippen LogP contribution in [0.1, 0.15) is 122 Å². The zero-order valence-corrected chi connectivity index (χ0v) is 26.9. The van der Waals surface area contributed by atoms with E-state index < -0.39 is 0 Å². The maximum atomic E-state index is 12.5. The van der Waals surface area contributed by atoms with Crippen LogP contribution in [-0.4, -0.2) is 23.3 Å². The molecule has 0 atom stereocenters. The summed E-state index contributed by atoms with van der Waals surface area (Å²) in [6.07, 6.45) is 21.4. The maximum Gasteiger partial charge on any atom is 0.224 e. The van der Waals surface area contributed by atoms with Crippen LogP contribution < -0.4 is 9.64 Å². The predicted molar refractivity (Wildman–Crippen MR) is 177 cm³/mol. The molecule has 41 heavy (non-hydrogen) atoms. The van der Waals surface area contributed by atoms with E-state index in [0.29, 0.717) is 6.54 Å². The molecule has 0 aromatic heterocycles. The van der Waals surface area contributed by atoms with Gasteiger partial charge in [-0.25, -0.2) is 0 Å². The van der Waals surface area contributed by atoms with E-state index in [1.54, 1.807) is 6.92 Å². The average Bonchev–Trinajstić information content (AvgIpc) is 3.39. The second kappa shape index (κ2) is 19.7. The van der Waals surface area contributed by atoms with Crippen molar-refractivity contribution in [1.29, 1.82) is 0 Å². The van der Waals surface area contributed by atoms with Crippen molar-refractivity contribution in [3.05, 3.63) is 70.8 Å². The summed E-state index contributed by atoms with van der Waals surface area (Å²) in [6, 6.07) is 16.6. The van der Waals surface area contributed by atoms with Crippen molar-refractivity contribution in [2.45, 2.75) is 124 Å². The molecular weight excluding hydrogens is 524 g/mol. The lowest BCUT2D eigenvalue weighted by Gasteiger charge is -2.22. The third-order valence-electron chi connectivity index (χ3n) is 7.87. The third-order valence-corrected chi connectivity index (χ3v) is 8.89. The van der Waals surface area contributed by atoms with E-state index in [1.807, 2.05) is 28.8 Å². The van der Waals surface area contributed by atoms with Crippen molar-refractivity contribution in [2.24, 2.45) is 0 Å². The zero-order chi connectivity index (χ0) is 29.1. The molecule has 0 fully saturated rings. The van der Waals surface area contributed by atoms with E-state index in [9.17, 15) is 4.79 Å². The molecule has 3 rings (SSSR count). The molecule has 0 unspecified atom stereocenters. The third kappa shape index (κ3) is 13.4. The van der Waals surface area contributed by atoms with Gasteiger partial charge in [-0.1, -0.05) is 115 Å². The van der Waals surface area contributed by atoms with E-state index in [1.165, 1.54) is 93.9 Å². The van der Waals surface area contributed by atoms with Gasteiger partial charge in [-0.05, 0) is 53.6 Å². The maximum absolute atomic E-state index is 12.5. The van der Waals surface area contributed by atoms with Crippen molar-refractivity contribution in [1.82, 2.24) is 4.90 Å². The number of hydrogen-bond acceptors (Lipinski definition) is 4. The number of unbranched alkanes of at least 4 members (excludes halogenated alkanes) is 13. The van der Waals surface area contributed by atoms with E-state index in [2.05, 4.69) is 61.3 Å². The minimum atomic E-state index is 0.0467. The Hall–Kier alpha value is -2.40. The van der Waals surface area contributed by atoms with E-state index in [4.69, 9.17) is 4.74 Å². The molecular formula is C36H54N2O2S. The van der Waals surface area contributed by atoms with Gasteiger partial charge in [-0.2, -0.15) is 0 Å². The summed E-state index contributed by atoms with van der Waals surface area (Å²) < 4.78 is 5.99. The topological polar surface area (TPSA) is 32.8 Å². The molecule has 0 radical (unpaired) electrons. The molecule has 1 aliphatic heterocycles. The molecule has 2 aromatic rings. The fraction of sp³-hybridized carbons (Fsp3) is 0.583. The fourth-order valence-electron chi connectivity index (χ4n) is 5.37. The van der Waals surface area contributed by atoms with E-state index >= 15 is 0 Å². The lowest BCUT2D eigenvalue weighted by molar-refractivity contribution is -0.116. The van der Waals surface area contributed by atoms with Crippen molar-refractivity contribution in [3.63, 3.8) is 0 Å². The van der Waals surface area contributed by atoms with Crippen LogP contribution in [0.3, 0.4) is 0 Å². The Morgan fingerprint density at radius 3 is 1.83 bits per heavy atom. The van der Waals surface area contributed by atoms with Crippen LogP contribution in [0.4, 0.5) is 5.69 Å². The highest BCUT2D eigenvalue weighted by Gasteiger charge is 2.14. The molecule has 0 bridgehead atoms. The Morgan fingerprint density at radius 2 is 1.32 bits per heavy atom. The molecule has 0 spiro atoms. The molecule has 226 valence electrons. The van der Waals surface area contributed by atoms with Crippen LogP contribution in [-0.2, 0) is 17.9 Å². The standard InChI is InChI=1S/C36H54N2O2S/c1-4-5-6-7-8-9-10-11-12-13-14-15-16-17-26-40-36-24-20-34(21-25-36)29-38(32(3)39)35-22-18-33(19-23-35)28-37-27-31(2)41-30-37/h18-25,27H,4-17,26,28-30H2,1-3H3. The lowest BCUT2D eigenvalue weighted by atomic mass is 10.0. The monoisotopic (exact) mass is 578 g/mol. The zero-order valence-electron chi connectivity index (χ0n) is 26.0. The molecule has 2 aromatic carbocycles. The lowest BCUT2D eigenvalue weighted by Crippen LogP contribution is -2.27. The number of hydrogen-bond donors (Lipinski definition) is 0. The first-order valence-corrected chi connectivity index (χ1v) is 17.2. The Bertz CT molecular complexity index is 1020. The van der Waals surface area contributed by atoms with Gasteiger partial charge < -0.3 is 14.5 Å². The van der Waals surface area contributed by atoms with Gasteiger partial charge in [0, 0.05) is 25.4 Å². The van der Waals surface area contributed by atoms with Gasteiger partial charge in [0.15, 0.2) is 0 Å². The highest BCUT2D eigenvalue weighted by Crippen LogP contribution is 2.27. The molecule has 1 aliphatic rings. The van der Waals surface area contributed by atoms with Crippen LogP contribution in [0.5, 0.6) is 5.75 Å². The summed E-state index contributed by atoms with van der Waals surface area (Å²) in [7, 11) is 0. The first-order chi connectivity index (χ1) is 20.0. The molecule has 0 saturated carbocycles. The Morgan fingerprint density at radius 1 is 0.780 bits per heavy atom. The first-order valence-electron chi connectivity index (χ1n) is 16.2. The van der Waals surface area contributed by atoms with Crippen LogP contribution in [0.25, 0.3) is 0 Å². The van der Waals surface area contributed by atoms with E-state index in [0.717, 1.165) is 42.4 Å². The van der Waals surface area contributed by atoms with Gasteiger partial charge >= 0.3 is 0 Å². The Labute approximate surface area is 254 Å². The molecule has 1 heterocycles. The molecule has 1 amide bonds. The van der Waals surface area contributed by atoms with Crippen molar-refractivity contribution in [2.75, 3.05) is 17.4 Å². The van der Waals surface area contributed by atoms with Crippen LogP contribution in [0.2, 0.25) is 0 Å². The average molecular weight is 579 g/mol. The Kier molecular flexibility index (Phi) is 15.9. The second-order valence-electron chi connectivity index (χ2n) is 11.6. The van der Waals surface area contributed by atoms with Gasteiger partial charge in [0.25, 0.3) is 0 Å². The number of allylic oxidation sites excluding steroid dienone is 1. The summed E-state index contributed by atoms with van der Waals surface area (Å²) in [5.74, 6) is 1.96. The van der Waals surface area contributed by atoms with Crippen molar-refractivity contribution in [3.8, 4) is 5.75 Å². The highest BCUT2D eigenvalue weighted by atomic mass is 32.2. The number of thioether (sulfide) groups is 1. The fourth-order valence-corrected chi connectivity index (χ4v) is 6.13. The predicted octanol–water partition coefficient (Wildman–Crippen LogP) is 10.5. The normalized spacial score (nSPS) is 13.0. The number of amides is 1. The minimum Gasteiger partial charge on any atom is -0.494 e. The summed E-state index contributed by atoms with van der Waals surface area (Å²) in [4.78, 5) is 18.0. The molecule has 4 nitrogen and oxygen atoms in total. The minimum absolute atomic E-state index is 0.0467. The van der Waals surface area contributed by atoms with E-state index in [-0.39, 0.29) is 5.91 Å². The van der Waals surface area contributed by atoms with Crippen molar-refractivity contribution < 1.29 is 9.53 Å². The van der Waals surface area contributed by atoms with Gasteiger partial charge in [0.05, 0.1) is 19.0 Å². The summed E-state index contributed by atoms with van der Waals surface area (Å²) in [5, 5.41) is 0. The molecule has 0 N–H and O–H groups in total. The van der Waals surface area contributed by atoms with Gasteiger partial charge in [0.2, 0.25) is 5.91 Å². The number of anilines is 1. The molecule has 0 aliphatic carbocycles. The molecule has 0 saturated heterocycles. The number of ether oxygens (including phenoxy) is 1. The smallest absolute Gasteiger partial charge is 0.224 e. The van der Waals surface area contributed by atoms with Gasteiger partial charge in [0.1, 0.15) is 5.75 Å². The van der Waals surface area contributed by atoms with Crippen LogP contribution in [0, 0.1) is 0 Å². The highest BCUT2D eigenvalue weighted by molar-refractivity contribution is 8.03. The van der Waals surface area contributed by atoms with Crippen molar-refractivity contribution >= 4 is 23.4 Å². The van der Waals surface area contributed by atoms with Crippen LogP contribution >= 0.6 is 11.8 Å². The SMILES string of the molecule is CCCCCCCCCCCCCCCCOc1ccc(CN(C(C)=O)c2ccc(CN3C=C(C)SC3)cc2)cc1. The van der Waals surface area contributed by atoms with Gasteiger partial charge in [-0.3, -0.25) is 4.79 Å². The number of carbonyl (C=O) groups excluding carboxylic acids is 1. The van der Waals surface area contributed by atoms with Crippen LogP contribution in [0.15, 0.2) is 59.6 Å². The number of nitrogens with zero attached hydrogens (tertiary/aromatic N) is 2. The Balaban J connectivity index is 1.27. The number of rotatable bonds is 21. The first kappa shape index (κ1) is 33.1.